The first-order valence-electron chi connectivity index (χ1n) is 5.98. The van der Waals surface area contributed by atoms with Crippen LogP contribution in [0, 0.1) is 5.82 Å². The fourth-order valence-corrected chi connectivity index (χ4v) is 3.83. The van der Waals surface area contributed by atoms with Gasteiger partial charge in [-0.25, -0.2) is 4.39 Å². The van der Waals surface area contributed by atoms with E-state index in [2.05, 4.69) is 31.9 Å². The standard InChI is InChI=1S/C14H14Br2FNO2/c1-14(2,20)8-5-10-7(4-9(8)17)13(19)12(16)11(6-15)18(10)3/h4-5,20H,6H2,1-3H3. The first-order chi connectivity index (χ1) is 9.18. The molecule has 3 nitrogen and oxygen atoms in total. The number of rotatable bonds is 2. The summed E-state index contributed by atoms with van der Waals surface area (Å²) < 4.78 is 16.3. The topological polar surface area (TPSA) is 42.2 Å². The average Bonchev–Trinajstić information content (AvgIpc) is 2.35. The molecule has 0 spiro atoms. The molecule has 0 saturated heterocycles. The van der Waals surface area contributed by atoms with Crippen LogP contribution in [0.4, 0.5) is 4.39 Å². The molecular weight excluding hydrogens is 393 g/mol. The lowest BCUT2D eigenvalue weighted by Crippen LogP contribution is -2.20. The molecular formula is C14H14Br2FNO2. The zero-order chi connectivity index (χ0) is 15.2. The molecule has 0 aliphatic heterocycles. The lowest BCUT2D eigenvalue weighted by atomic mass is 9.96. The van der Waals surface area contributed by atoms with Crippen LogP contribution in [0.5, 0.6) is 0 Å². The number of hydrogen-bond donors (Lipinski definition) is 1. The summed E-state index contributed by atoms with van der Waals surface area (Å²) in [6.07, 6.45) is 0. The zero-order valence-corrected chi connectivity index (χ0v) is 14.5. The summed E-state index contributed by atoms with van der Waals surface area (Å²) in [5.41, 5.74) is -0.0470. The van der Waals surface area contributed by atoms with E-state index in [-0.39, 0.29) is 16.4 Å². The van der Waals surface area contributed by atoms with Gasteiger partial charge in [-0.05, 0) is 41.9 Å². The maximum Gasteiger partial charge on any atom is 0.203 e. The van der Waals surface area contributed by atoms with Crippen molar-refractivity contribution in [3.05, 3.63) is 43.9 Å². The summed E-state index contributed by atoms with van der Waals surface area (Å²) in [5, 5.41) is 10.8. The van der Waals surface area contributed by atoms with Crippen LogP contribution in [0.3, 0.4) is 0 Å². The Balaban J connectivity index is 2.98. The van der Waals surface area contributed by atoms with Crippen molar-refractivity contribution >= 4 is 42.8 Å². The molecule has 0 aliphatic carbocycles. The monoisotopic (exact) mass is 405 g/mol. The highest BCUT2D eigenvalue weighted by Crippen LogP contribution is 2.28. The van der Waals surface area contributed by atoms with Gasteiger partial charge in [0.1, 0.15) is 5.82 Å². The van der Waals surface area contributed by atoms with Gasteiger partial charge in [0, 0.05) is 29.0 Å². The SMILES string of the molecule is Cn1c(CBr)c(Br)c(=O)c2cc(F)c(C(C)(C)O)cc21. The minimum Gasteiger partial charge on any atom is -0.386 e. The van der Waals surface area contributed by atoms with Crippen molar-refractivity contribution in [3.63, 3.8) is 0 Å². The number of fused-ring (bicyclic) bond motifs is 1. The molecule has 1 heterocycles. The number of halogens is 3. The van der Waals surface area contributed by atoms with Crippen LogP contribution in [0.25, 0.3) is 10.9 Å². The van der Waals surface area contributed by atoms with Crippen molar-refractivity contribution in [3.8, 4) is 0 Å². The maximum absolute atomic E-state index is 14.1. The highest BCUT2D eigenvalue weighted by atomic mass is 79.9. The van der Waals surface area contributed by atoms with Crippen LogP contribution in [0.15, 0.2) is 21.4 Å². The van der Waals surface area contributed by atoms with Crippen LogP contribution in [-0.4, -0.2) is 9.67 Å². The first-order valence-corrected chi connectivity index (χ1v) is 7.89. The second-order valence-corrected chi connectivity index (χ2v) is 6.54. The molecule has 0 atom stereocenters. The van der Waals surface area contributed by atoms with Gasteiger partial charge >= 0.3 is 0 Å². The Bertz CT molecular complexity index is 748. The van der Waals surface area contributed by atoms with Crippen molar-refractivity contribution in [2.75, 3.05) is 0 Å². The van der Waals surface area contributed by atoms with Gasteiger partial charge in [0.25, 0.3) is 0 Å². The highest BCUT2D eigenvalue weighted by Gasteiger charge is 2.23. The summed E-state index contributed by atoms with van der Waals surface area (Å²) in [4.78, 5) is 12.3. The predicted octanol–water partition coefficient (Wildman–Crippen LogP) is 3.56. The molecule has 0 radical (unpaired) electrons. The van der Waals surface area contributed by atoms with Gasteiger partial charge in [0.2, 0.25) is 5.43 Å². The number of aliphatic hydroxyl groups is 1. The fraction of sp³-hybridized carbons (Fsp3) is 0.357. The van der Waals surface area contributed by atoms with Crippen molar-refractivity contribution in [1.29, 1.82) is 0 Å². The summed E-state index contributed by atoms with van der Waals surface area (Å²) in [5.74, 6) is -0.583. The van der Waals surface area contributed by atoms with E-state index in [0.717, 1.165) is 5.69 Å². The van der Waals surface area contributed by atoms with Gasteiger partial charge in [-0.1, -0.05) is 15.9 Å². The van der Waals surface area contributed by atoms with E-state index in [0.29, 0.717) is 15.3 Å². The minimum atomic E-state index is -1.31. The minimum absolute atomic E-state index is 0.169. The summed E-state index contributed by atoms with van der Waals surface area (Å²) in [7, 11) is 1.80. The largest absolute Gasteiger partial charge is 0.386 e. The molecule has 1 N–H and O–H groups in total. The van der Waals surface area contributed by atoms with Crippen molar-refractivity contribution in [2.45, 2.75) is 24.8 Å². The molecule has 0 bridgehead atoms. The number of alkyl halides is 1. The van der Waals surface area contributed by atoms with Crippen molar-refractivity contribution < 1.29 is 9.50 Å². The second-order valence-electron chi connectivity index (χ2n) is 5.19. The Morgan fingerprint density at radius 2 is 2.00 bits per heavy atom. The number of pyridine rings is 1. The van der Waals surface area contributed by atoms with Gasteiger partial charge in [-0.2, -0.15) is 0 Å². The van der Waals surface area contributed by atoms with Gasteiger partial charge < -0.3 is 9.67 Å². The fourth-order valence-electron chi connectivity index (χ4n) is 2.18. The predicted molar refractivity (Wildman–Crippen MR) is 84.7 cm³/mol. The normalized spacial score (nSPS) is 12.2. The lowest BCUT2D eigenvalue weighted by molar-refractivity contribution is 0.0747. The number of aromatic nitrogens is 1. The van der Waals surface area contributed by atoms with E-state index in [1.807, 2.05) is 4.57 Å². The molecule has 2 rings (SSSR count). The van der Waals surface area contributed by atoms with E-state index in [1.54, 1.807) is 7.05 Å². The second kappa shape index (κ2) is 5.24. The first kappa shape index (κ1) is 15.7. The number of aryl methyl sites for hydroxylation is 1. The molecule has 0 amide bonds. The van der Waals surface area contributed by atoms with Crippen LogP contribution >= 0.6 is 31.9 Å². The third kappa shape index (κ3) is 2.44. The summed E-state index contributed by atoms with van der Waals surface area (Å²) >= 11 is 6.60. The Morgan fingerprint density at radius 3 is 2.50 bits per heavy atom. The van der Waals surface area contributed by atoms with Crippen LogP contribution in [0.2, 0.25) is 0 Å². The average molecular weight is 407 g/mol. The molecule has 0 fully saturated rings. The Hall–Kier alpha value is -0.720. The van der Waals surface area contributed by atoms with Crippen molar-refractivity contribution in [1.82, 2.24) is 4.57 Å². The Labute approximate surface area is 132 Å². The number of hydrogen-bond acceptors (Lipinski definition) is 2. The summed E-state index contributed by atoms with van der Waals surface area (Å²) in [6, 6.07) is 2.72. The number of nitrogens with zero attached hydrogens (tertiary/aromatic N) is 1. The van der Waals surface area contributed by atoms with Crippen LogP contribution in [-0.2, 0) is 18.0 Å². The maximum atomic E-state index is 14.1. The molecule has 6 heteroatoms. The third-order valence-corrected chi connectivity index (χ3v) is 4.68. The van der Waals surface area contributed by atoms with Gasteiger partial charge in [0.05, 0.1) is 15.6 Å². The molecule has 0 saturated carbocycles. The molecule has 1 aromatic carbocycles. The van der Waals surface area contributed by atoms with E-state index in [9.17, 15) is 14.3 Å². The van der Waals surface area contributed by atoms with Gasteiger partial charge in [-0.3, -0.25) is 4.79 Å². The third-order valence-electron chi connectivity index (χ3n) is 3.33. The number of benzene rings is 1. The molecule has 1 aromatic heterocycles. The van der Waals surface area contributed by atoms with Gasteiger partial charge in [0.15, 0.2) is 0 Å². The Kier molecular flexibility index (Phi) is 4.10. The highest BCUT2D eigenvalue weighted by molar-refractivity contribution is 9.10. The molecule has 108 valence electrons. The molecule has 0 aliphatic rings. The molecule has 20 heavy (non-hydrogen) atoms. The van der Waals surface area contributed by atoms with E-state index in [4.69, 9.17) is 0 Å². The molecule has 0 unspecified atom stereocenters. The Morgan fingerprint density at radius 1 is 1.40 bits per heavy atom. The van der Waals surface area contributed by atoms with E-state index in [1.165, 1.54) is 26.0 Å². The lowest BCUT2D eigenvalue weighted by Gasteiger charge is -2.21. The summed E-state index contributed by atoms with van der Waals surface area (Å²) in [6.45, 7) is 3.03. The van der Waals surface area contributed by atoms with E-state index < -0.39 is 11.4 Å². The smallest absolute Gasteiger partial charge is 0.203 e. The zero-order valence-electron chi connectivity index (χ0n) is 11.3. The quantitative estimate of drug-likeness (QED) is 0.774. The van der Waals surface area contributed by atoms with E-state index >= 15 is 0 Å². The van der Waals surface area contributed by atoms with Crippen molar-refractivity contribution in [2.24, 2.45) is 7.05 Å². The van der Waals surface area contributed by atoms with Crippen LogP contribution < -0.4 is 5.43 Å². The van der Waals surface area contributed by atoms with Crippen LogP contribution in [0.1, 0.15) is 25.1 Å². The van der Waals surface area contributed by atoms with Gasteiger partial charge in [-0.15, -0.1) is 0 Å². The molecule has 2 aromatic rings.